The third kappa shape index (κ3) is 3.51. The second kappa shape index (κ2) is 6.27. The van der Waals surface area contributed by atoms with Crippen molar-refractivity contribution in [3.63, 3.8) is 0 Å². The van der Waals surface area contributed by atoms with E-state index in [1.165, 1.54) is 18.4 Å². The van der Waals surface area contributed by atoms with Crippen molar-refractivity contribution in [2.45, 2.75) is 40.0 Å². The molecule has 0 saturated heterocycles. The Hall–Kier alpha value is -0.540. The van der Waals surface area contributed by atoms with Gasteiger partial charge in [-0.1, -0.05) is 25.4 Å². The van der Waals surface area contributed by atoms with Crippen LogP contribution in [0, 0.1) is 24.7 Å². The first kappa shape index (κ1) is 14.9. The summed E-state index contributed by atoms with van der Waals surface area (Å²) in [5.74, 6) is 2.32. The molecule has 1 aromatic rings. The summed E-state index contributed by atoms with van der Waals surface area (Å²) in [5, 5.41) is 8.80. The van der Waals surface area contributed by atoms with Crippen molar-refractivity contribution in [2.75, 3.05) is 13.1 Å². The highest BCUT2D eigenvalue weighted by molar-refractivity contribution is 6.30. The van der Waals surface area contributed by atoms with Gasteiger partial charge in [0.25, 0.3) is 0 Å². The molecule has 2 rings (SSSR count). The van der Waals surface area contributed by atoms with Gasteiger partial charge < -0.3 is 5.32 Å². The molecule has 1 aliphatic carbocycles. The smallest absolute Gasteiger partial charge is 0.130 e. The zero-order chi connectivity index (χ0) is 14.0. The van der Waals surface area contributed by atoms with Gasteiger partial charge in [0.15, 0.2) is 0 Å². The molecule has 2 atom stereocenters. The van der Waals surface area contributed by atoms with Gasteiger partial charge in [0.2, 0.25) is 0 Å². The van der Waals surface area contributed by atoms with E-state index in [0.29, 0.717) is 0 Å². The Balaban J connectivity index is 1.86. The van der Waals surface area contributed by atoms with Crippen molar-refractivity contribution in [1.82, 2.24) is 15.1 Å². The number of aromatic nitrogens is 2. The number of nitrogens with zero attached hydrogens (tertiary/aromatic N) is 2. The van der Waals surface area contributed by atoms with E-state index < -0.39 is 0 Å². The summed E-state index contributed by atoms with van der Waals surface area (Å²) in [6.45, 7) is 8.84. The average molecular weight is 284 g/mol. The molecule has 0 spiro atoms. The highest BCUT2D eigenvalue weighted by Crippen LogP contribution is 2.38. The molecule has 1 saturated carbocycles. The van der Waals surface area contributed by atoms with Crippen LogP contribution >= 0.6 is 11.6 Å². The lowest BCUT2D eigenvalue weighted by Gasteiger charge is -2.37. The molecule has 0 bridgehead atoms. The fourth-order valence-electron chi connectivity index (χ4n) is 2.90. The van der Waals surface area contributed by atoms with E-state index in [2.05, 4.69) is 31.2 Å². The van der Waals surface area contributed by atoms with Crippen molar-refractivity contribution in [3.8, 4) is 0 Å². The van der Waals surface area contributed by atoms with Crippen LogP contribution in [-0.4, -0.2) is 22.9 Å². The third-order valence-corrected chi connectivity index (χ3v) is 4.74. The molecule has 0 amide bonds. The Bertz CT molecular complexity index is 425. The molecule has 3 nitrogen and oxygen atoms in total. The number of aryl methyl sites for hydroxylation is 2. The molecule has 0 aliphatic heterocycles. The molecule has 4 heteroatoms. The van der Waals surface area contributed by atoms with Crippen LogP contribution in [0.3, 0.4) is 0 Å². The normalized spacial score (nSPS) is 22.8. The molecule has 1 N–H and O–H groups in total. The topological polar surface area (TPSA) is 29.9 Å². The Kier molecular flexibility index (Phi) is 4.91. The molecule has 2 unspecified atom stereocenters. The van der Waals surface area contributed by atoms with Crippen LogP contribution < -0.4 is 5.32 Å². The molecule has 0 aromatic carbocycles. The van der Waals surface area contributed by atoms with E-state index in [1.807, 2.05) is 7.05 Å². The Morgan fingerprint density at radius 1 is 1.37 bits per heavy atom. The molecule has 1 fully saturated rings. The van der Waals surface area contributed by atoms with Gasteiger partial charge >= 0.3 is 0 Å². The zero-order valence-corrected chi connectivity index (χ0v) is 13.3. The second-order valence-corrected chi connectivity index (χ2v) is 6.69. The standard InChI is InChI=1S/C15H26ClN3/c1-10(2)8-17-9-13-6-5-12(13)7-14-11(3)18-19(4)15(14)16/h10,12-13,17H,5-9H2,1-4H3. The molecule has 19 heavy (non-hydrogen) atoms. The maximum absolute atomic E-state index is 6.32. The van der Waals surface area contributed by atoms with Gasteiger partial charge in [-0.05, 0) is 57.0 Å². The van der Waals surface area contributed by atoms with Crippen LogP contribution in [-0.2, 0) is 13.5 Å². The minimum atomic E-state index is 0.730. The molecule has 0 radical (unpaired) electrons. The Morgan fingerprint density at radius 3 is 2.53 bits per heavy atom. The van der Waals surface area contributed by atoms with E-state index in [4.69, 9.17) is 11.6 Å². The first-order valence-electron chi connectivity index (χ1n) is 7.37. The lowest BCUT2D eigenvalue weighted by atomic mass is 9.70. The first-order valence-corrected chi connectivity index (χ1v) is 7.75. The van der Waals surface area contributed by atoms with Crippen molar-refractivity contribution >= 4 is 11.6 Å². The summed E-state index contributed by atoms with van der Waals surface area (Å²) >= 11 is 6.32. The summed E-state index contributed by atoms with van der Waals surface area (Å²) in [6.07, 6.45) is 3.78. The van der Waals surface area contributed by atoms with Crippen molar-refractivity contribution in [3.05, 3.63) is 16.4 Å². The van der Waals surface area contributed by atoms with E-state index >= 15 is 0 Å². The second-order valence-electron chi connectivity index (χ2n) is 6.33. The van der Waals surface area contributed by atoms with E-state index in [9.17, 15) is 0 Å². The van der Waals surface area contributed by atoms with Crippen molar-refractivity contribution in [2.24, 2.45) is 24.8 Å². The number of hydrogen-bond acceptors (Lipinski definition) is 2. The largest absolute Gasteiger partial charge is 0.316 e. The van der Waals surface area contributed by atoms with Crippen molar-refractivity contribution in [1.29, 1.82) is 0 Å². The van der Waals surface area contributed by atoms with Gasteiger partial charge in [0.1, 0.15) is 5.15 Å². The molecular weight excluding hydrogens is 258 g/mol. The number of rotatable bonds is 6. The van der Waals surface area contributed by atoms with Gasteiger partial charge in [-0.3, -0.25) is 4.68 Å². The van der Waals surface area contributed by atoms with Gasteiger partial charge in [0.05, 0.1) is 5.69 Å². The van der Waals surface area contributed by atoms with Crippen LogP contribution in [0.4, 0.5) is 0 Å². The summed E-state index contributed by atoms with van der Waals surface area (Å²) in [6, 6.07) is 0. The summed E-state index contributed by atoms with van der Waals surface area (Å²) in [4.78, 5) is 0. The van der Waals surface area contributed by atoms with Gasteiger partial charge in [-0.2, -0.15) is 5.10 Å². The fourth-order valence-corrected chi connectivity index (χ4v) is 3.15. The fraction of sp³-hybridized carbons (Fsp3) is 0.800. The van der Waals surface area contributed by atoms with Crippen LogP contribution in [0.15, 0.2) is 0 Å². The highest BCUT2D eigenvalue weighted by atomic mass is 35.5. The minimum absolute atomic E-state index is 0.730. The SMILES string of the molecule is Cc1nn(C)c(Cl)c1CC1CCC1CNCC(C)C. The van der Waals surface area contributed by atoms with Crippen LogP contribution in [0.1, 0.15) is 37.9 Å². The lowest BCUT2D eigenvalue weighted by molar-refractivity contribution is 0.169. The number of nitrogens with one attached hydrogen (secondary N) is 1. The average Bonchev–Trinajstić information content (AvgIpc) is 2.55. The summed E-state index contributed by atoms with van der Waals surface area (Å²) < 4.78 is 1.79. The highest BCUT2D eigenvalue weighted by Gasteiger charge is 2.31. The Labute approximate surface area is 121 Å². The molecule has 108 valence electrons. The zero-order valence-electron chi connectivity index (χ0n) is 12.5. The van der Waals surface area contributed by atoms with Crippen LogP contribution in [0.2, 0.25) is 5.15 Å². The van der Waals surface area contributed by atoms with E-state index in [1.54, 1.807) is 4.68 Å². The molecule has 1 heterocycles. The predicted molar refractivity (Wildman–Crippen MR) is 80.6 cm³/mol. The van der Waals surface area contributed by atoms with Crippen LogP contribution in [0.5, 0.6) is 0 Å². The quantitative estimate of drug-likeness (QED) is 0.869. The Morgan fingerprint density at radius 2 is 2.05 bits per heavy atom. The molecule has 1 aliphatic rings. The van der Waals surface area contributed by atoms with E-state index in [-0.39, 0.29) is 0 Å². The maximum Gasteiger partial charge on any atom is 0.130 e. The van der Waals surface area contributed by atoms with Gasteiger partial charge in [-0.15, -0.1) is 0 Å². The molecule has 1 aromatic heterocycles. The third-order valence-electron chi connectivity index (χ3n) is 4.27. The monoisotopic (exact) mass is 283 g/mol. The summed E-state index contributed by atoms with van der Waals surface area (Å²) in [7, 11) is 1.92. The minimum Gasteiger partial charge on any atom is -0.316 e. The summed E-state index contributed by atoms with van der Waals surface area (Å²) in [5.41, 5.74) is 2.34. The van der Waals surface area contributed by atoms with Gasteiger partial charge in [0, 0.05) is 12.6 Å². The van der Waals surface area contributed by atoms with Crippen LogP contribution in [0.25, 0.3) is 0 Å². The lowest BCUT2D eigenvalue weighted by Crippen LogP contribution is -2.37. The van der Waals surface area contributed by atoms with Crippen molar-refractivity contribution < 1.29 is 0 Å². The number of halogens is 1. The first-order chi connectivity index (χ1) is 8.99. The molecular formula is C15H26ClN3. The predicted octanol–water partition coefficient (Wildman–Crippen LogP) is 3.20. The maximum atomic E-state index is 6.32. The van der Waals surface area contributed by atoms with Gasteiger partial charge in [-0.25, -0.2) is 0 Å². The van der Waals surface area contributed by atoms with E-state index in [0.717, 1.165) is 48.1 Å². The number of hydrogen-bond donors (Lipinski definition) is 1.